The first-order chi connectivity index (χ1) is 9.86. The number of hydrogen-bond acceptors (Lipinski definition) is 4. The number of benzene rings is 1. The molecule has 20 heavy (non-hydrogen) atoms. The molecule has 1 aliphatic carbocycles. The van der Waals surface area contributed by atoms with E-state index in [0.29, 0.717) is 6.61 Å². The van der Waals surface area contributed by atoms with Crippen LogP contribution in [0, 0.1) is 5.92 Å². The molecule has 0 bridgehead atoms. The maximum absolute atomic E-state index is 5.67. The first-order valence-electron chi connectivity index (χ1n) is 7.24. The molecule has 1 saturated carbocycles. The van der Waals surface area contributed by atoms with Crippen molar-refractivity contribution in [3.8, 4) is 17.0 Å². The summed E-state index contributed by atoms with van der Waals surface area (Å²) in [7, 11) is 0. The molecular formula is C16H20N2OS. The van der Waals surface area contributed by atoms with Gasteiger partial charge in [0, 0.05) is 17.5 Å². The minimum absolute atomic E-state index is 0.678. The van der Waals surface area contributed by atoms with Crippen LogP contribution in [0.4, 0.5) is 0 Å². The fraction of sp³-hybridized carbons (Fsp3) is 0.438. The van der Waals surface area contributed by atoms with Gasteiger partial charge in [0.15, 0.2) is 0 Å². The molecule has 0 amide bonds. The van der Waals surface area contributed by atoms with Crippen LogP contribution in [0.2, 0.25) is 0 Å². The molecule has 1 aromatic carbocycles. The van der Waals surface area contributed by atoms with E-state index in [0.717, 1.165) is 41.0 Å². The van der Waals surface area contributed by atoms with E-state index in [1.165, 1.54) is 12.8 Å². The quantitative estimate of drug-likeness (QED) is 0.843. The standard InChI is InChI=1S/C16H20N2OS/c1-2-19-15-6-4-3-5-13(15)14-11-20-16(18-14)10-17-9-12-7-8-12/h3-6,11-12,17H,2,7-10H2,1H3. The molecule has 1 aromatic heterocycles. The molecule has 1 heterocycles. The number of thiazole rings is 1. The van der Waals surface area contributed by atoms with Crippen molar-refractivity contribution in [3.63, 3.8) is 0 Å². The third-order valence-corrected chi connectivity index (χ3v) is 4.27. The van der Waals surface area contributed by atoms with Gasteiger partial charge in [0.05, 0.1) is 12.3 Å². The fourth-order valence-corrected chi connectivity index (χ4v) is 2.94. The molecule has 0 unspecified atom stereocenters. The number of para-hydroxylation sites is 1. The molecule has 0 spiro atoms. The molecule has 3 rings (SSSR count). The lowest BCUT2D eigenvalue weighted by molar-refractivity contribution is 0.341. The summed E-state index contributed by atoms with van der Waals surface area (Å²) in [5.41, 5.74) is 2.10. The average Bonchev–Trinajstić information content (AvgIpc) is 3.17. The van der Waals surface area contributed by atoms with Crippen molar-refractivity contribution in [2.45, 2.75) is 26.3 Å². The zero-order valence-corrected chi connectivity index (χ0v) is 12.6. The number of aromatic nitrogens is 1. The van der Waals surface area contributed by atoms with Gasteiger partial charge in [-0.2, -0.15) is 0 Å². The van der Waals surface area contributed by atoms with Crippen LogP contribution < -0.4 is 10.1 Å². The molecule has 0 aliphatic heterocycles. The smallest absolute Gasteiger partial charge is 0.128 e. The van der Waals surface area contributed by atoms with Crippen LogP contribution in [-0.2, 0) is 6.54 Å². The van der Waals surface area contributed by atoms with Crippen molar-refractivity contribution < 1.29 is 4.74 Å². The largest absolute Gasteiger partial charge is 0.493 e. The first kappa shape index (κ1) is 13.6. The van der Waals surface area contributed by atoms with Crippen molar-refractivity contribution in [2.24, 2.45) is 5.92 Å². The van der Waals surface area contributed by atoms with Gasteiger partial charge in [-0.15, -0.1) is 11.3 Å². The minimum Gasteiger partial charge on any atom is -0.493 e. The fourth-order valence-electron chi connectivity index (χ4n) is 2.18. The van der Waals surface area contributed by atoms with Gasteiger partial charge in [0.25, 0.3) is 0 Å². The van der Waals surface area contributed by atoms with E-state index in [9.17, 15) is 0 Å². The third kappa shape index (κ3) is 3.38. The van der Waals surface area contributed by atoms with Gasteiger partial charge >= 0.3 is 0 Å². The average molecular weight is 288 g/mol. The van der Waals surface area contributed by atoms with Gasteiger partial charge < -0.3 is 10.1 Å². The number of rotatable bonds is 7. The molecule has 0 atom stereocenters. The molecule has 1 fully saturated rings. The van der Waals surface area contributed by atoms with Crippen molar-refractivity contribution in [1.82, 2.24) is 10.3 Å². The van der Waals surface area contributed by atoms with Crippen molar-refractivity contribution >= 4 is 11.3 Å². The Kier molecular flexibility index (Phi) is 4.33. The lowest BCUT2D eigenvalue weighted by Crippen LogP contribution is -2.15. The second-order valence-electron chi connectivity index (χ2n) is 5.13. The highest BCUT2D eigenvalue weighted by Crippen LogP contribution is 2.31. The molecule has 0 radical (unpaired) electrons. The monoisotopic (exact) mass is 288 g/mol. The van der Waals surface area contributed by atoms with Crippen LogP contribution in [0.5, 0.6) is 5.75 Å². The normalized spacial score (nSPS) is 14.4. The summed E-state index contributed by atoms with van der Waals surface area (Å²) < 4.78 is 5.67. The van der Waals surface area contributed by atoms with Gasteiger partial charge in [-0.05, 0) is 44.4 Å². The Balaban J connectivity index is 1.68. The molecular weight excluding hydrogens is 268 g/mol. The molecule has 1 aliphatic rings. The van der Waals surface area contributed by atoms with E-state index in [1.54, 1.807) is 11.3 Å². The van der Waals surface area contributed by atoms with E-state index in [4.69, 9.17) is 9.72 Å². The molecule has 3 nitrogen and oxygen atoms in total. The van der Waals surface area contributed by atoms with Crippen molar-refractivity contribution in [3.05, 3.63) is 34.7 Å². The predicted molar refractivity (Wildman–Crippen MR) is 83.1 cm³/mol. The summed E-state index contributed by atoms with van der Waals surface area (Å²) in [6, 6.07) is 8.10. The van der Waals surface area contributed by atoms with E-state index < -0.39 is 0 Å². The Morgan fingerprint density at radius 1 is 1.35 bits per heavy atom. The highest BCUT2D eigenvalue weighted by molar-refractivity contribution is 7.09. The van der Waals surface area contributed by atoms with Gasteiger partial charge in [-0.3, -0.25) is 0 Å². The number of ether oxygens (including phenoxy) is 1. The second-order valence-corrected chi connectivity index (χ2v) is 6.07. The molecule has 2 aromatic rings. The summed E-state index contributed by atoms with van der Waals surface area (Å²) >= 11 is 1.71. The van der Waals surface area contributed by atoms with Crippen molar-refractivity contribution in [1.29, 1.82) is 0 Å². The minimum atomic E-state index is 0.678. The van der Waals surface area contributed by atoms with Crippen LogP contribution in [0.15, 0.2) is 29.6 Å². The first-order valence-corrected chi connectivity index (χ1v) is 8.12. The maximum atomic E-state index is 5.67. The Morgan fingerprint density at radius 2 is 2.20 bits per heavy atom. The zero-order chi connectivity index (χ0) is 13.8. The third-order valence-electron chi connectivity index (χ3n) is 3.42. The summed E-state index contributed by atoms with van der Waals surface area (Å²) in [4.78, 5) is 4.72. The van der Waals surface area contributed by atoms with Crippen LogP contribution in [0.25, 0.3) is 11.3 Å². The lowest BCUT2D eigenvalue weighted by Gasteiger charge is -2.07. The second kappa shape index (κ2) is 6.37. The molecule has 1 N–H and O–H groups in total. The zero-order valence-electron chi connectivity index (χ0n) is 11.8. The Hall–Kier alpha value is -1.39. The van der Waals surface area contributed by atoms with Crippen LogP contribution >= 0.6 is 11.3 Å². The van der Waals surface area contributed by atoms with Gasteiger partial charge in [0.2, 0.25) is 0 Å². The Bertz CT molecular complexity index is 563. The summed E-state index contributed by atoms with van der Waals surface area (Å²) in [6.45, 7) is 4.68. The predicted octanol–water partition coefficient (Wildman–Crippen LogP) is 3.71. The topological polar surface area (TPSA) is 34.1 Å². The van der Waals surface area contributed by atoms with Gasteiger partial charge in [-0.1, -0.05) is 12.1 Å². The molecule has 4 heteroatoms. The molecule has 0 saturated heterocycles. The summed E-state index contributed by atoms with van der Waals surface area (Å²) in [5, 5.41) is 6.75. The molecule has 106 valence electrons. The van der Waals surface area contributed by atoms with Crippen LogP contribution in [-0.4, -0.2) is 18.1 Å². The van der Waals surface area contributed by atoms with Gasteiger partial charge in [-0.25, -0.2) is 4.98 Å². The SMILES string of the molecule is CCOc1ccccc1-c1csc(CNCC2CC2)n1. The number of nitrogens with zero attached hydrogens (tertiary/aromatic N) is 1. The van der Waals surface area contributed by atoms with E-state index in [1.807, 2.05) is 25.1 Å². The van der Waals surface area contributed by atoms with Crippen LogP contribution in [0.1, 0.15) is 24.8 Å². The summed E-state index contributed by atoms with van der Waals surface area (Å²) in [5.74, 6) is 1.82. The number of hydrogen-bond donors (Lipinski definition) is 1. The van der Waals surface area contributed by atoms with Crippen molar-refractivity contribution in [2.75, 3.05) is 13.2 Å². The van der Waals surface area contributed by atoms with Crippen LogP contribution in [0.3, 0.4) is 0 Å². The highest BCUT2D eigenvalue weighted by atomic mass is 32.1. The Labute approximate surface area is 124 Å². The number of nitrogens with one attached hydrogen (secondary N) is 1. The van der Waals surface area contributed by atoms with E-state index in [-0.39, 0.29) is 0 Å². The van der Waals surface area contributed by atoms with E-state index in [2.05, 4.69) is 16.8 Å². The summed E-state index contributed by atoms with van der Waals surface area (Å²) in [6.07, 6.45) is 2.77. The van der Waals surface area contributed by atoms with E-state index >= 15 is 0 Å². The highest BCUT2D eigenvalue weighted by Gasteiger charge is 2.20. The lowest BCUT2D eigenvalue weighted by atomic mass is 10.1. The maximum Gasteiger partial charge on any atom is 0.128 e. The van der Waals surface area contributed by atoms with Gasteiger partial charge in [0.1, 0.15) is 10.8 Å². The Morgan fingerprint density at radius 3 is 3.00 bits per heavy atom.